The molecule has 0 aliphatic carbocycles. The molecule has 50 valence electrons. The molecule has 0 heterocycles. The van der Waals surface area contributed by atoms with E-state index in [4.69, 9.17) is 0 Å². The zero-order valence-corrected chi connectivity index (χ0v) is 5.74. The molecule has 2 unspecified atom stereocenters. The van der Waals surface area contributed by atoms with Crippen molar-refractivity contribution < 1.29 is 4.39 Å². The second kappa shape index (κ2) is 3.84. The van der Waals surface area contributed by atoms with Gasteiger partial charge in [-0.3, -0.25) is 0 Å². The molecular weight excluding hydrogens is 105 g/mol. The van der Waals surface area contributed by atoms with Crippen molar-refractivity contribution in [3.05, 3.63) is 0 Å². The SMILES string of the molecule is CCNC(C)C(C)F. The monoisotopic (exact) mass is 119 g/mol. The first-order valence-electron chi connectivity index (χ1n) is 3.06. The first-order valence-corrected chi connectivity index (χ1v) is 3.06. The van der Waals surface area contributed by atoms with E-state index in [1.807, 2.05) is 13.8 Å². The van der Waals surface area contributed by atoms with Crippen LogP contribution in [0.1, 0.15) is 20.8 Å². The van der Waals surface area contributed by atoms with Gasteiger partial charge in [-0.25, -0.2) is 4.39 Å². The molecule has 0 bridgehead atoms. The summed E-state index contributed by atoms with van der Waals surface area (Å²) in [7, 11) is 0. The van der Waals surface area contributed by atoms with Crippen molar-refractivity contribution in [1.82, 2.24) is 5.32 Å². The summed E-state index contributed by atoms with van der Waals surface area (Å²) in [5.41, 5.74) is 0. The summed E-state index contributed by atoms with van der Waals surface area (Å²) in [4.78, 5) is 0. The summed E-state index contributed by atoms with van der Waals surface area (Å²) < 4.78 is 12.2. The first-order chi connectivity index (χ1) is 3.68. The van der Waals surface area contributed by atoms with E-state index in [1.165, 1.54) is 0 Å². The lowest BCUT2D eigenvalue weighted by atomic mass is 10.2. The van der Waals surface area contributed by atoms with Crippen LogP contribution in [0, 0.1) is 0 Å². The number of rotatable bonds is 3. The lowest BCUT2D eigenvalue weighted by Gasteiger charge is -2.11. The Labute approximate surface area is 50.3 Å². The zero-order valence-electron chi connectivity index (χ0n) is 5.74. The van der Waals surface area contributed by atoms with Crippen LogP contribution < -0.4 is 5.32 Å². The molecular formula is C6H14FN. The average molecular weight is 119 g/mol. The summed E-state index contributed by atoms with van der Waals surface area (Å²) in [6.45, 7) is 6.22. The quantitative estimate of drug-likeness (QED) is 0.591. The molecule has 0 spiro atoms. The normalized spacial score (nSPS) is 18.0. The van der Waals surface area contributed by atoms with Crippen molar-refractivity contribution in [2.75, 3.05) is 6.54 Å². The molecule has 0 radical (unpaired) electrons. The molecule has 0 aromatic heterocycles. The lowest BCUT2D eigenvalue weighted by Crippen LogP contribution is -2.32. The van der Waals surface area contributed by atoms with E-state index in [0.29, 0.717) is 0 Å². The maximum atomic E-state index is 12.2. The van der Waals surface area contributed by atoms with E-state index in [2.05, 4.69) is 5.32 Å². The summed E-state index contributed by atoms with van der Waals surface area (Å²) in [5.74, 6) is 0. The van der Waals surface area contributed by atoms with Gasteiger partial charge < -0.3 is 5.32 Å². The van der Waals surface area contributed by atoms with Gasteiger partial charge in [-0.15, -0.1) is 0 Å². The van der Waals surface area contributed by atoms with E-state index >= 15 is 0 Å². The number of nitrogens with one attached hydrogen (secondary N) is 1. The second-order valence-electron chi connectivity index (χ2n) is 2.02. The Morgan fingerprint density at radius 3 is 2.12 bits per heavy atom. The van der Waals surface area contributed by atoms with Crippen LogP contribution >= 0.6 is 0 Å². The standard InChI is InChI=1S/C6H14FN/c1-4-8-6(3)5(2)7/h5-6,8H,4H2,1-3H3. The fourth-order valence-corrected chi connectivity index (χ4v) is 0.484. The summed E-state index contributed by atoms with van der Waals surface area (Å²) in [5, 5.41) is 2.97. The minimum atomic E-state index is -0.741. The molecule has 0 amide bonds. The number of hydrogen-bond donors (Lipinski definition) is 1. The van der Waals surface area contributed by atoms with Crippen molar-refractivity contribution in [1.29, 1.82) is 0 Å². The van der Waals surface area contributed by atoms with Crippen LogP contribution in [0.2, 0.25) is 0 Å². The Bertz CT molecular complexity index is 54.5. The Morgan fingerprint density at radius 2 is 2.00 bits per heavy atom. The molecule has 0 saturated carbocycles. The van der Waals surface area contributed by atoms with Gasteiger partial charge in [-0.1, -0.05) is 6.92 Å². The van der Waals surface area contributed by atoms with Crippen LogP contribution in [0.3, 0.4) is 0 Å². The zero-order chi connectivity index (χ0) is 6.57. The Hall–Kier alpha value is -0.110. The minimum absolute atomic E-state index is 0.000000000000000222. The van der Waals surface area contributed by atoms with E-state index in [9.17, 15) is 4.39 Å². The molecule has 0 aliphatic rings. The van der Waals surface area contributed by atoms with Crippen molar-refractivity contribution in [3.8, 4) is 0 Å². The van der Waals surface area contributed by atoms with E-state index in [1.54, 1.807) is 6.92 Å². The molecule has 0 aromatic carbocycles. The highest BCUT2D eigenvalue weighted by atomic mass is 19.1. The topological polar surface area (TPSA) is 12.0 Å². The van der Waals surface area contributed by atoms with Crippen LogP contribution in [0.15, 0.2) is 0 Å². The molecule has 0 fully saturated rings. The van der Waals surface area contributed by atoms with Crippen LogP contribution in [0.4, 0.5) is 4.39 Å². The van der Waals surface area contributed by atoms with Gasteiger partial charge in [-0.05, 0) is 20.4 Å². The van der Waals surface area contributed by atoms with Crippen LogP contribution in [-0.2, 0) is 0 Å². The Balaban J connectivity index is 3.17. The minimum Gasteiger partial charge on any atom is -0.312 e. The summed E-state index contributed by atoms with van der Waals surface area (Å²) in [6.07, 6.45) is -0.741. The third-order valence-electron chi connectivity index (χ3n) is 1.22. The smallest absolute Gasteiger partial charge is 0.112 e. The van der Waals surface area contributed by atoms with Gasteiger partial charge >= 0.3 is 0 Å². The van der Waals surface area contributed by atoms with Gasteiger partial charge in [0.25, 0.3) is 0 Å². The van der Waals surface area contributed by atoms with Crippen LogP contribution in [-0.4, -0.2) is 18.8 Å². The number of alkyl halides is 1. The molecule has 0 rings (SSSR count). The van der Waals surface area contributed by atoms with Crippen LogP contribution in [0.5, 0.6) is 0 Å². The van der Waals surface area contributed by atoms with Crippen molar-refractivity contribution in [2.24, 2.45) is 0 Å². The average Bonchev–Trinajstić information content (AvgIpc) is 1.67. The maximum absolute atomic E-state index is 12.2. The van der Waals surface area contributed by atoms with Gasteiger partial charge in [0, 0.05) is 6.04 Å². The van der Waals surface area contributed by atoms with Crippen molar-refractivity contribution in [3.63, 3.8) is 0 Å². The summed E-state index contributed by atoms with van der Waals surface area (Å²) in [6, 6.07) is -0.000000000000000222. The van der Waals surface area contributed by atoms with Crippen molar-refractivity contribution >= 4 is 0 Å². The highest BCUT2D eigenvalue weighted by molar-refractivity contribution is 4.64. The van der Waals surface area contributed by atoms with E-state index < -0.39 is 6.17 Å². The molecule has 0 aliphatic heterocycles. The Kier molecular flexibility index (Phi) is 3.79. The molecule has 8 heavy (non-hydrogen) atoms. The van der Waals surface area contributed by atoms with E-state index in [-0.39, 0.29) is 6.04 Å². The number of halogens is 1. The fraction of sp³-hybridized carbons (Fsp3) is 1.00. The second-order valence-corrected chi connectivity index (χ2v) is 2.02. The highest BCUT2D eigenvalue weighted by Crippen LogP contribution is 1.94. The van der Waals surface area contributed by atoms with Gasteiger partial charge in [0.1, 0.15) is 6.17 Å². The third-order valence-corrected chi connectivity index (χ3v) is 1.22. The Morgan fingerprint density at radius 1 is 1.50 bits per heavy atom. The van der Waals surface area contributed by atoms with Crippen LogP contribution in [0.25, 0.3) is 0 Å². The molecule has 2 atom stereocenters. The molecule has 1 nitrogen and oxygen atoms in total. The van der Waals surface area contributed by atoms with Crippen molar-refractivity contribution in [2.45, 2.75) is 33.0 Å². The van der Waals surface area contributed by atoms with Gasteiger partial charge in [-0.2, -0.15) is 0 Å². The third kappa shape index (κ3) is 2.97. The summed E-state index contributed by atoms with van der Waals surface area (Å²) >= 11 is 0. The fourth-order valence-electron chi connectivity index (χ4n) is 0.484. The van der Waals surface area contributed by atoms with Gasteiger partial charge in [0.05, 0.1) is 0 Å². The molecule has 2 heteroatoms. The lowest BCUT2D eigenvalue weighted by molar-refractivity contribution is 0.285. The maximum Gasteiger partial charge on any atom is 0.112 e. The van der Waals surface area contributed by atoms with Gasteiger partial charge in [0.2, 0.25) is 0 Å². The largest absolute Gasteiger partial charge is 0.312 e. The highest BCUT2D eigenvalue weighted by Gasteiger charge is 2.06. The molecule has 0 saturated heterocycles. The molecule has 0 aromatic rings. The van der Waals surface area contributed by atoms with E-state index in [0.717, 1.165) is 6.54 Å². The number of hydrogen-bond acceptors (Lipinski definition) is 1. The van der Waals surface area contributed by atoms with Gasteiger partial charge in [0.15, 0.2) is 0 Å². The first kappa shape index (κ1) is 7.89. The predicted octanol–water partition coefficient (Wildman–Crippen LogP) is 1.34. The molecule has 1 N–H and O–H groups in total. The predicted molar refractivity (Wildman–Crippen MR) is 33.7 cm³/mol.